The standard InChI is InChI=1S/C18H31N3O/c19-16-10-4-6-12-18(16,17(20)22)11-5-1-2-7-13-21-14-8-3-9-15-21/h4,6,10,12,16H,1-3,5,7-9,11,13-15,19H2,(H2,20,22). The van der Waals surface area contributed by atoms with Gasteiger partial charge in [0.1, 0.15) is 0 Å². The van der Waals surface area contributed by atoms with E-state index in [4.69, 9.17) is 11.5 Å². The summed E-state index contributed by atoms with van der Waals surface area (Å²) >= 11 is 0. The van der Waals surface area contributed by atoms with E-state index in [0.717, 1.165) is 19.3 Å². The van der Waals surface area contributed by atoms with Gasteiger partial charge in [-0.15, -0.1) is 0 Å². The Morgan fingerprint density at radius 1 is 1.09 bits per heavy atom. The molecule has 2 aliphatic rings. The SMILES string of the molecule is NC(=O)C1(CCCCCCN2CCCCC2)C=CC=CC1N. The van der Waals surface area contributed by atoms with Gasteiger partial charge in [-0.2, -0.15) is 0 Å². The van der Waals surface area contributed by atoms with Gasteiger partial charge < -0.3 is 16.4 Å². The number of allylic oxidation sites excluding steroid dienone is 2. The van der Waals surface area contributed by atoms with Gasteiger partial charge in [-0.25, -0.2) is 0 Å². The fourth-order valence-electron chi connectivity index (χ4n) is 3.60. The minimum Gasteiger partial charge on any atom is -0.369 e. The van der Waals surface area contributed by atoms with Crippen LogP contribution < -0.4 is 11.5 Å². The van der Waals surface area contributed by atoms with Gasteiger partial charge in [-0.3, -0.25) is 4.79 Å². The molecule has 2 rings (SSSR count). The highest BCUT2D eigenvalue weighted by molar-refractivity contribution is 5.84. The molecule has 0 aromatic heterocycles. The fourth-order valence-corrected chi connectivity index (χ4v) is 3.60. The predicted octanol–water partition coefficient (Wildman–Crippen LogP) is 2.35. The third-order valence-corrected chi connectivity index (χ3v) is 5.14. The Morgan fingerprint density at radius 3 is 2.50 bits per heavy atom. The molecule has 22 heavy (non-hydrogen) atoms. The van der Waals surface area contributed by atoms with Gasteiger partial charge in [-0.1, -0.05) is 50.0 Å². The van der Waals surface area contributed by atoms with Crippen molar-refractivity contribution in [3.63, 3.8) is 0 Å². The summed E-state index contributed by atoms with van der Waals surface area (Å²) in [6.07, 6.45) is 17.1. The Hall–Kier alpha value is -1.13. The van der Waals surface area contributed by atoms with Gasteiger partial charge in [-0.05, 0) is 45.3 Å². The lowest BCUT2D eigenvalue weighted by Crippen LogP contribution is -2.49. The van der Waals surface area contributed by atoms with Crippen molar-refractivity contribution in [2.45, 2.75) is 57.4 Å². The molecule has 2 unspecified atom stereocenters. The van der Waals surface area contributed by atoms with Crippen molar-refractivity contribution in [3.05, 3.63) is 24.3 Å². The van der Waals surface area contributed by atoms with E-state index in [1.807, 2.05) is 24.3 Å². The number of primary amides is 1. The largest absolute Gasteiger partial charge is 0.369 e. The zero-order valence-corrected chi connectivity index (χ0v) is 13.7. The van der Waals surface area contributed by atoms with Crippen LogP contribution in [0.25, 0.3) is 0 Å². The highest BCUT2D eigenvalue weighted by Crippen LogP contribution is 2.33. The molecule has 0 bridgehead atoms. The van der Waals surface area contributed by atoms with Gasteiger partial charge in [0, 0.05) is 6.04 Å². The van der Waals surface area contributed by atoms with Crippen LogP contribution in [-0.2, 0) is 4.79 Å². The number of unbranched alkanes of at least 4 members (excludes halogenated alkanes) is 3. The molecule has 1 heterocycles. The van der Waals surface area contributed by atoms with Crippen LogP contribution in [0, 0.1) is 5.41 Å². The van der Waals surface area contributed by atoms with Crippen molar-refractivity contribution in [3.8, 4) is 0 Å². The van der Waals surface area contributed by atoms with Gasteiger partial charge in [0.05, 0.1) is 5.41 Å². The number of carbonyl (C=O) groups is 1. The Labute approximate surface area is 134 Å². The first kappa shape index (κ1) is 17.2. The molecule has 0 saturated carbocycles. The molecule has 4 N–H and O–H groups in total. The van der Waals surface area contributed by atoms with Crippen LogP contribution in [0.1, 0.15) is 51.4 Å². The number of hydrogen-bond donors (Lipinski definition) is 2. The first-order valence-corrected chi connectivity index (χ1v) is 8.79. The Morgan fingerprint density at radius 2 is 1.82 bits per heavy atom. The van der Waals surface area contributed by atoms with E-state index in [9.17, 15) is 4.79 Å². The molecule has 2 atom stereocenters. The maximum Gasteiger partial charge on any atom is 0.229 e. The van der Waals surface area contributed by atoms with E-state index in [0.29, 0.717) is 0 Å². The van der Waals surface area contributed by atoms with Gasteiger partial charge in [0.25, 0.3) is 0 Å². The summed E-state index contributed by atoms with van der Waals surface area (Å²) in [7, 11) is 0. The summed E-state index contributed by atoms with van der Waals surface area (Å²) in [6, 6.07) is -0.289. The first-order valence-electron chi connectivity index (χ1n) is 8.79. The second kappa shape index (κ2) is 8.49. The topological polar surface area (TPSA) is 72.4 Å². The average molecular weight is 305 g/mol. The van der Waals surface area contributed by atoms with Crippen LogP contribution in [0.4, 0.5) is 0 Å². The number of hydrogen-bond acceptors (Lipinski definition) is 3. The van der Waals surface area contributed by atoms with Crippen LogP contribution in [0.15, 0.2) is 24.3 Å². The van der Waals surface area contributed by atoms with E-state index in [1.165, 1.54) is 51.7 Å². The molecule has 1 fully saturated rings. The number of likely N-dealkylation sites (tertiary alicyclic amines) is 1. The Bertz CT molecular complexity index is 413. The van der Waals surface area contributed by atoms with Gasteiger partial charge in [0.15, 0.2) is 0 Å². The molecule has 1 amide bonds. The molecule has 4 heteroatoms. The number of rotatable bonds is 8. The third kappa shape index (κ3) is 4.43. The summed E-state index contributed by atoms with van der Waals surface area (Å²) in [4.78, 5) is 14.4. The second-order valence-corrected chi connectivity index (χ2v) is 6.74. The van der Waals surface area contributed by atoms with Crippen LogP contribution >= 0.6 is 0 Å². The lowest BCUT2D eigenvalue weighted by Gasteiger charge is -2.33. The van der Waals surface area contributed by atoms with Crippen molar-refractivity contribution in [2.75, 3.05) is 19.6 Å². The molecule has 0 aromatic rings. The van der Waals surface area contributed by atoms with Crippen molar-refractivity contribution in [1.82, 2.24) is 4.90 Å². The van der Waals surface area contributed by atoms with Gasteiger partial charge in [0.2, 0.25) is 5.91 Å². The Balaban J connectivity index is 1.65. The van der Waals surface area contributed by atoms with E-state index in [2.05, 4.69) is 4.90 Å². The molecule has 1 aliphatic heterocycles. The van der Waals surface area contributed by atoms with Crippen LogP contribution in [-0.4, -0.2) is 36.5 Å². The molecule has 1 saturated heterocycles. The summed E-state index contributed by atoms with van der Waals surface area (Å²) < 4.78 is 0. The first-order chi connectivity index (χ1) is 10.6. The molecule has 4 nitrogen and oxygen atoms in total. The Kier molecular flexibility index (Phi) is 6.65. The number of nitrogens with two attached hydrogens (primary N) is 2. The highest BCUT2D eigenvalue weighted by atomic mass is 16.1. The fraction of sp³-hybridized carbons (Fsp3) is 0.722. The van der Waals surface area contributed by atoms with E-state index in [-0.39, 0.29) is 11.9 Å². The zero-order valence-electron chi connectivity index (χ0n) is 13.7. The maximum atomic E-state index is 11.9. The minimum absolute atomic E-state index is 0.289. The molecular weight excluding hydrogens is 274 g/mol. The molecule has 124 valence electrons. The van der Waals surface area contributed by atoms with E-state index < -0.39 is 5.41 Å². The number of piperidine rings is 1. The smallest absolute Gasteiger partial charge is 0.229 e. The van der Waals surface area contributed by atoms with E-state index in [1.54, 1.807) is 0 Å². The molecular formula is C18H31N3O. The van der Waals surface area contributed by atoms with Crippen molar-refractivity contribution >= 4 is 5.91 Å². The van der Waals surface area contributed by atoms with Crippen molar-refractivity contribution < 1.29 is 4.79 Å². The molecule has 0 aromatic carbocycles. The quantitative estimate of drug-likeness (QED) is 0.676. The molecule has 0 spiro atoms. The third-order valence-electron chi connectivity index (χ3n) is 5.14. The van der Waals surface area contributed by atoms with Crippen LogP contribution in [0.3, 0.4) is 0 Å². The van der Waals surface area contributed by atoms with Crippen LogP contribution in [0.2, 0.25) is 0 Å². The van der Waals surface area contributed by atoms with Crippen molar-refractivity contribution in [1.29, 1.82) is 0 Å². The number of nitrogens with zero attached hydrogens (tertiary/aromatic N) is 1. The monoisotopic (exact) mass is 305 g/mol. The zero-order chi connectivity index (χ0) is 15.8. The maximum absolute atomic E-state index is 11.9. The van der Waals surface area contributed by atoms with Gasteiger partial charge >= 0.3 is 0 Å². The summed E-state index contributed by atoms with van der Waals surface area (Å²) in [6.45, 7) is 3.77. The minimum atomic E-state index is -0.679. The van der Waals surface area contributed by atoms with Crippen LogP contribution in [0.5, 0.6) is 0 Å². The second-order valence-electron chi connectivity index (χ2n) is 6.74. The van der Waals surface area contributed by atoms with Crippen molar-refractivity contribution in [2.24, 2.45) is 16.9 Å². The summed E-state index contributed by atoms with van der Waals surface area (Å²) in [5.74, 6) is -0.297. The lowest BCUT2D eigenvalue weighted by atomic mass is 9.73. The summed E-state index contributed by atoms with van der Waals surface area (Å²) in [5, 5.41) is 0. The molecule has 1 aliphatic carbocycles. The normalized spacial score (nSPS) is 28.9. The van der Waals surface area contributed by atoms with E-state index >= 15 is 0 Å². The lowest BCUT2D eigenvalue weighted by molar-refractivity contribution is -0.126. The number of amides is 1. The number of carbonyl (C=O) groups excluding carboxylic acids is 1. The molecule has 0 radical (unpaired) electrons. The highest BCUT2D eigenvalue weighted by Gasteiger charge is 2.39. The average Bonchev–Trinajstić information content (AvgIpc) is 2.53. The predicted molar refractivity (Wildman–Crippen MR) is 91.3 cm³/mol. The summed E-state index contributed by atoms with van der Waals surface area (Å²) in [5.41, 5.74) is 11.0.